The molecule has 1 amide bonds. The predicted molar refractivity (Wildman–Crippen MR) is 98.1 cm³/mol. The van der Waals surface area contributed by atoms with Crippen LogP contribution in [-0.2, 0) is 20.4 Å². The van der Waals surface area contributed by atoms with Gasteiger partial charge in [0.15, 0.2) is 11.5 Å². The molecule has 9 heteroatoms. The van der Waals surface area contributed by atoms with E-state index in [1.54, 1.807) is 18.2 Å². The summed E-state index contributed by atoms with van der Waals surface area (Å²) in [5, 5.41) is 13.3. The topological polar surface area (TPSA) is 114 Å². The average molecular weight is 392 g/mol. The van der Waals surface area contributed by atoms with Crippen molar-refractivity contribution in [1.82, 2.24) is 4.72 Å². The molecular weight excluding hydrogens is 372 g/mol. The number of carbonyl (C=O) groups excluding carboxylic acids is 1. The Morgan fingerprint density at radius 3 is 2.48 bits per heavy atom. The van der Waals surface area contributed by atoms with Crippen LogP contribution in [0.2, 0.25) is 0 Å². The zero-order valence-electron chi connectivity index (χ0n) is 14.9. The first-order chi connectivity index (χ1) is 12.7. The molecule has 3 N–H and O–H groups in total. The van der Waals surface area contributed by atoms with Crippen LogP contribution in [-0.4, -0.2) is 32.8 Å². The number of carbonyl (C=O) groups is 1. The molecule has 1 aliphatic rings. The first-order valence-corrected chi connectivity index (χ1v) is 9.65. The monoisotopic (exact) mass is 392 g/mol. The summed E-state index contributed by atoms with van der Waals surface area (Å²) in [6.45, 7) is 2.75. The third kappa shape index (κ3) is 4.38. The largest absolute Gasteiger partial charge is 0.454 e. The van der Waals surface area contributed by atoms with E-state index in [2.05, 4.69) is 10.0 Å². The molecule has 144 valence electrons. The van der Waals surface area contributed by atoms with Gasteiger partial charge in [0.05, 0.1) is 4.90 Å². The van der Waals surface area contributed by atoms with Crippen molar-refractivity contribution < 1.29 is 27.8 Å². The van der Waals surface area contributed by atoms with Crippen LogP contribution in [0.25, 0.3) is 0 Å². The molecule has 3 rings (SSSR count). The molecule has 2 aromatic carbocycles. The second-order valence-corrected chi connectivity index (χ2v) is 8.14. The molecular formula is C18H20N2O6S. The quantitative estimate of drug-likeness (QED) is 0.687. The summed E-state index contributed by atoms with van der Waals surface area (Å²) in [7, 11) is -3.84. The third-order valence-electron chi connectivity index (χ3n) is 4.09. The SMILES string of the molecule is CC(=O)Nc1ccc(S(=O)(=O)NCC(C)(O)c2ccc3c(c2)OCO3)cc1. The minimum atomic E-state index is -3.84. The number of nitrogens with one attached hydrogen (secondary N) is 2. The molecule has 0 radical (unpaired) electrons. The van der Waals surface area contributed by atoms with Gasteiger partial charge in [-0.05, 0) is 48.9 Å². The van der Waals surface area contributed by atoms with E-state index in [9.17, 15) is 18.3 Å². The van der Waals surface area contributed by atoms with E-state index >= 15 is 0 Å². The second-order valence-electron chi connectivity index (χ2n) is 6.37. The van der Waals surface area contributed by atoms with Gasteiger partial charge in [-0.15, -0.1) is 0 Å². The van der Waals surface area contributed by atoms with E-state index in [1.165, 1.54) is 38.1 Å². The van der Waals surface area contributed by atoms with E-state index < -0.39 is 15.6 Å². The van der Waals surface area contributed by atoms with E-state index in [1.807, 2.05) is 0 Å². The highest BCUT2D eigenvalue weighted by Crippen LogP contribution is 2.35. The van der Waals surface area contributed by atoms with E-state index in [0.29, 0.717) is 22.7 Å². The van der Waals surface area contributed by atoms with Crippen molar-refractivity contribution in [1.29, 1.82) is 0 Å². The fourth-order valence-electron chi connectivity index (χ4n) is 2.57. The maximum absolute atomic E-state index is 12.5. The third-order valence-corrected chi connectivity index (χ3v) is 5.50. The average Bonchev–Trinajstić information content (AvgIpc) is 3.08. The highest BCUT2D eigenvalue weighted by atomic mass is 32.2. The molecule has 0 spiro atoms. The number of hydrogen-bond acceptors (Lipinski definition) is 6. The van der Waals surface area contributed by atoms with Crippen molar-refractivity contribution in [3.05, 3.63) is 48.0 Å². The van der Waals surface area contributed by atoms with E-state index in [-0.39, 0.29) is 24.1 Å². The summed E-state index contributed by atoms with van der Waals surface area (Å²) >= 11 is 0. The van der Waals surface area contributed by atoms with E-state index in [0.717, 1.165) is 0 Å². The summed E-state index contributed by atoms with van der Waals surface area (Å²) < 4.78 is 37.9. The number of ether oxygens (including phenoxy) is 2. The van der Waals surface area contributed by atoms with Gasteiger partial charge < -0.3 is 19.9 Å². The molecule has 0 saturated carbocycles. The summed E-state index contributed by atoms with van der Waals surface area (Å²) in [4.78, 5) is 11.1. The van der Waals surface area contributed by atoms with Crippen LogP contribution < -0.4 is 19.5 Å². The normalized spacial score (nSPS) is 15.2. The summed E-state index contributed by atoms with van der Waals surface area (Å²) in [5.74, 6) is 0.835. The zero-order valence-corrected chi connectivity index (χ0v) is 15.7. The van der Waals surface area contributed by atoms with Crippen molar-refractivity contribution in [3.8, 4) is 11.5 Å². The molecule has 0 saturated heterocycles. The van der Waals surface area contributed by atoms with Gasteiger partial charge in [-0.3, -0.25) is 4.79 Å². The Hall–Kier alpha value is -2.62. The second kappa shape index (κ2) is 7.18. The maximum atomic E-state index is 12.5. The Morgan fingerprint density at radius 2 is 1.81 bits per heavy atom. The Kier molecular flexibility index (Phi) is 5.09. The first kappa shape index (κ1) is 19.2. The molecule has 27 heavy (non-hydrogen) atoms. The van der Waals surface area contributed by atoms with Crippen molar-refractivity contribution >= 4 is 21.6 Å². The molecule has 2 aromatic rings. The van der Waals surface area contributed by atoms with Gasteiger partial charge in [0, 0.05) is 19.2 Å². The van der Waals surface area contributed by atoms with Crippen molar-refractivity contribution in [2.75, 3.05) is 18.7 Å². The van der Waals surface area contributed by atoms with Gasteiger partial charge >= 0.3 is 0 Å². The minimum absolute atomic E-state index is 0.0260. The molecule has 0 fully saturated rings. The molecule has 1 unspecified atom stereocenters. The van der Waals surface area contributed by atoms with Crippen LogP contribution in [0.4, 0.5) is 5.69 Å². The number of rotatable bonds is 6. The number of sulfonamides is 1. The van der Waals surface area contributed by atoms with Crippen LogP contribution in [0.15, 0.2) is 47.4 Å². The minimum Gasteiger partial charge on any atom is -0.454 e. The Morgan fingerprint density at radius 1 is 1.15 bits per heavy atom. The van der Waals surface area contributed by atoms with Gasteiger partial charge in [0.2, 0.25) is 22.7 Å². The van der Waals surface area contributed by atoms with Gasteiger partial charge in [0.1, 0.15) is 5.60 Å². The molecule has 0 aromatic heterocycles. The van der Waals surface area contributed by atoms with Crippen molar-refractivity contribution in [2.24, 2.45) is 0 Å². The number of fused-ring (bicyclic) bond motifs is 1. The lowest BCUT2D eigenvalue weighted by atomic mass is 9.96. The van der Waals surface area contributed by atoms with Gasteiger partial charge in [-0.25, -0.2) is 13.1 Å². The zero-order chi connectivity index (χ0) is 19.7. The Balaban J connectivity index is 1.71. The van der Waals surface area contributed by atoms with E-state index in [4.69, 9.17) is 9.47 Å². The molecule has 0 aliphatic carbocycles. The van der Waals surface area contributed by atoms with Crippen LogP contribution in [0.1, 0.15) is 19.4 Å². The number of anilines is 1. The highest BCUT2D eigenvalue weighted by Gasteiger charge is 2.28. The molecule has 0 bridgehead atoms. The molecule has 8 nitrogen and oxygen atoms in total. The Bertz CT molecular complexity index is 954. The fraction of sp³-hybridized carbons (Fsp3) is 0.278. The standard InChI is InChI=1S/C18H20N2O6S/c1-12(21)20-14-4-6-15(7-5-14)27(23,24)19-10-18(2,22)13-3-8-16-17(9-13)26-11-25-16/h3-9,19,22H,10-11H2,1-2H3,(H,20,21). The summed E-state index contributed by atoms with van der Waals surface area (Å²) in [6.07, 6.45) is 0. The lowest BCUT2D eigenvalue weighted by Gasteiger charge is -2.24. The van der Waals surface area contributed by atoms with Crippen LogP contribution >= 0.6 is 0 Å². The summed E-state index contributed by atoms with van der Waals surface area (Å²) in [6, 6.07) is 10.7. The first-order valence-electron chi connectivity index (χ1n) is 8.17. The van der Waals surface area contributed by atoms with Crippen molar-refractivity contribution in [3.63, 3.8) is 0 Å². The smallest absolute Gasteiger partial charge is 0.240 e. The van der Waals surface area contributed by atoms with Crippen molar-refractivity contribution in [2.45, 2.75) is 24.3 Å². The van der Waals surface area contributed by atoms with Gasteiger partial charge in [0.25, 0.3) is 0 Å². The van der Waals surface area contributed by atoms with Crippen LogP contribution in [0.3, 0.4) is 0 Å². The number of hydrogen-bond donors (Lipinski definition) is 3. The fourth-order valence-corrected chi connectivity index (χ4v) is 3.71. The van der Waals surface area contributed by atoms with Gasteiger partial charge in [-0.1, -0.05) is 6.07 Å². The maximum Gasteiger partial charge on any atom is 0.240 e. The van der Waals surface area contributed by atoms with Crippen LogP contribution in [0, 0.1) is 0 Å². The predicted octanol–water partition coefficient (Wildman–Crippen LogP) is 1.56. The number of amides is 1. The molecule has 1 aliphatic heterocycles. The summed E-state index contributed by atoms with van der Waals surface area (Å²) in [5.41, 5.74) is -0.464. The van der Waals surface area contributed by atoms with Crippen LogP contribution in [0.5, 0.6) is 11.5 Å². The lowest BCUT2D eigenvalue weighted by Crippen LogP contribution is -2.38. The number of aliphatic hydroxyl groups is 1. The van der Waals surface area contributed by atoms with Gasteiger partial charge in [-0.2, -0.15) is 0 Å². The highest BCUT2D eigenvalue weighted by molar-refractivity contribution is 7.89. The molecule has 1 atom stereocenters. The lowest BCUT2D eigenvalue weighted by molar-refractivity contribution is -0.114. The number of benzene rings is 2. The molecule has 1 heterocycles. The Labute approximate surface area is 157 Å².